The molecular formula is C6H13OP. The highest BCUT2D eigenvalue weighted by Crippen LogP contribution is 2.14. The molecule has 0 spiro atoms. The minimum Gasteiger partial charge on any atom is -0.295 e. The second-order valence-electron chi connectivity index (χ2n) is 1.92. The summed E-state index contributed by atoms with van der Waals surface area (Å²) < 4.78 is 0. The van der Waals surface area contributed by atoms with Crippen LogP contribution in [-0.2, 0) is 4.79 Å². The minimum atomic E-state index is 0.290. The van der Waals surface area contributed by atoms with E-state index in [1.54, 1.807) is 0 Å². The molecule has 0 saturated heterocycles. The van der Waals surface area contributed by atoms with Gasteiger partial charge >= 0.3 is 0 Å². The summed E-state index contributed by atoms with van der Waals surface area (Å²) in [5, 5.41) is 0. The summed E-state index contributed by atoms with van der Waals surface area (Å²) in [7, 11) is 0.480. The fourth-order valence-electron chi connectivity index (χ4n) is 0.432. The standard InChI is InChI=1S/C6H13OP/c1-4-5(2)6(7)8-3/h5,8H,4H2,1-3H3. The quantitative estimate of drug-likeness (QED) is 0.536. The highest BCUT2D eigenvalue weighted by atomic mass is 31.1. The molecule has 0 aromatic rings. The summed E-state index contributed by atoms with van der Waals surface area (Å²) in [5.74, 6) is 0.290. The largest absolute Gasteiger partial charge is 0.295 e. The third-order valence-corrected chi connectivity index (χ3v) is 2.29. The lowest BCUT2D eigenvalue weighted by molar-refractivity contribution is -0.114. The third-order valence-electron chi connectivity index (χ3n) is 1.31. The van der Waals surface area contributed by atoms with Gasteiger partial charge < -0.3 is 0 Å². The maximum Gasteiger partial charge on any atom is 0.153 e. The molecule has 0 aromatic heterocycles. The van der Waals surface area contributed by atoms with Gasteiger partial charge in [0.25, 0.3) is 0 Å². The molecule has 8 heavy (non-hydrogen) atoms. The average Bonchev–Trinajstić information content (AvgIpc) is 1.84. The first-order chi connectivity index (χ1) is 3.72. The number of carbonyl (C=O) groups excluding carboxylic acids is 1. The molecular weight excluding hydrogens is 119 g/mol. The van der Waals surface area contributed by atoms with E-state index in [1.165, 1.54) is 0 Å². The van der Waals surface area contributed by atoms with E-state index in [0.717, 1.165) is 6.42 Å². The zero-order valence-electron chi connectivity index (χ0n) is 5.69. The van der Waals surface area contributed by atoms with Crippen molar-refractivity contribution in [2.45, 2.75) is 20.3 Å². The maximum atomic E-state index is 10.8. The van der Waals surface area contributed by atoms with E-state index in [9.17, 15) is 4.79 Å². The van der Waals surface area contributed by atoms with Crippen LogP contribution in [0.2, 0.25) is 0 Å². The van der Waals surface area contributed by atoms with Crippen molar-refractivity contribution in [3.63, 3.8) is 0 Å². The Labute approximate surface area is 52.6 Å². The molecule has 0 amide bonds. The van der Waals surface area contributed by atoms with Gasteiger partial charge in [0, 0.05) is 5.92 Å². The Kier molecular flexibility index (Phi) is 4.08. The second kappa shape index (κ2) is 4.03. The van der Waals surface area contributed by atoms with E-state index < -0.39 is 0 Å². The molecule has 48 valence electrons. The van der Waals surface area contributed by atoms with Crippen molar-refractivity contribution >= 4 is 14.1 Å². The van der Waals surface area contributed by atoms with Gasteiger partial charge in [-0.1, -0.05) is 22.4 Å². The van der Waals surface area contributed by atoms with Crippen LogP contribution >= 0.6 is 8.58 Å². The molecule has 0 N–H and O–H groups in total. The number of hydrogen-bond donors (Lipinski definition) is 0. The maximum absolute atomic E-state index is 10.8. The number of hydrogen-bond acceptors (Lipinski definition) is 1. The summed E-state index contributed by atoms with van der Waals surface area (Å²) in [6.07, 6.45) is 0.986. The number of carbonyl (C=O) groups is 1. The van der Waals surface area contributed by atoms with Crippen molar-refractivity contribution in [2.24, 2.45) is 5.92 Å². The van der Waals surface area contributed by atoms with Crippen LogP contribution in [0.15, 0.2) is 0 Å². The molecule has 0 fully saturated rings. The van der Waals surface area contributed by atoms with E-state index in [2.05, 4.69) is 0 Å². The predicted molar refractivity (Wildman–Crippen MR) is 38.7 cm³/mol. The highest BCUT2D eigenvalue weighted by molar-refractivity contribution is 7.57. The summed E-state index contributed by atoms with van der Waals surface area (Å²) >= 11 is 0. The Morgan fingerprint density at radius 3 is 2.38 bits per heavy atom. The molecule has 2 unspecified atom stereocenters. The summed E-state index contributed by atoms with van der Waals surface area (Å²) in [4.78, 5) is 10.8. The normalized spacial score (nSPS) is 14.9. The van der Waals surface area contributed by atoms with Gasteiger partial charge in [-0.3, -0.25) is 4.79 Å². The third kappa shape index (κ3) is 2.42. The van der Waals surface area contributed by atoms with Crippen LogP contribution in [0.1, 0.15) is 20.3 Å². The van der Waals surface area contributed by atoms with Crippen molar-refractivity contribution in [3.05, 3.63) is 0 Å². The van der Waals surface area contributed by atoms with E-state index >= 15 is 0 Å². The molecule has 0 bridgehead atoms. The van der Waals surface area contributed by atoms with Crippen LogP contribution in [0.5, 0.6) is 0 Å². The lowest BCUT2D eigenvalue weighted by Gasteiger charge is -2.02. The first kappa shape index (κ1) is 8.10. The van der Waals surface area contributed by atoms with Crippen LogP contribution in [-0.4, -0.2) is 12.2 Å². The first-order valence-electron chi connectivity index (χ1n) is 2.94. The van der Waals surface area contributed by atoms with Crippen molar-refractivity contribution in [1.29, 1.82) is 0 Å². The summed E-state index contributed by atoms with van der Waals surface area (Å²) in [5.41, 5.74) is 0.410. The fraction of sp³-hybridized carbons (Fsp3) is 0.833. The Morgan fingerprint density at radius 1 is 1.75 bits per heavy atom. The molecule has 0 saturated carbocycles. The van der Waals surface area contributed by atoms with E-state index in [-0.39, 0.29) is 0 Å². The van der Waals surface area contributed by atoms with E-state index in [4.69, 9.17) is 0 Å². The Balaban J connectivity index is 3.46. The van der Waals surface area contributed by atoms with Crippen molar-refractivity contribution in [1.82, 2.24) is 0 Å². The van der Waals surface area contributed by atoms with Crippen LogP contribution < -0.4 is 0 Å². The second-order valence-corrected chi connectivity index (χ2v) is 2.92. The molecule has 2 heteroatoms. The molecule has 0 heterocycles. The van der Waals surface area contributed by atoms with Crippen LogP contribution in [0.25, 0.3) is 0 Å². The molecule has 0 rings (SSSR count). The van der Waals surface area contributed by atoms with Crippen molar-refractivity contribution in [2.75, 3.05) is 6.66 Å². The molecule has 2 atom stereocenters. The van der Waals surface area contributed by atoms with Crippen LogP contribution in [0.4, 0.5) is 0 Å². The van der Waals surface area contributed by atoms with Gasteiger partial charge in [0.15, 0.2) is 5.52 Å². The Hall–Kier alpha value is 0.100. The van der Waals surface area contributed by atoms with Crippen LogP contribution in [0.3, 0.4) is 0 Å². The van der Waals surface area contributed by atoms with Gasteiger partial charge in [0.05, 0.1) is 0 Å². The van der Waals surface area contributed by atoms with Gasteiger partial charge in [0.2, 0.25) is 0 Å². The van der Waals surface area contributed by atoms with Crippen LogP contribution in [0, 0.1) is 5.92 Å². The fourth-order valence-corrected chi connectivity index (χ4v) is 1.13. The topological polar surface area (TPSA) is 17.1 Å². The SMILES string of the molecule is CCC(C)C(=O)PC. The molecule has 0 aliphatic rings. The Morgan fingerprint density at radius 2 is 2.25 bits per heavy atom. The predicted octanol–water partition coefficient (Wildman–Crippen LogP) is 1.87. The zero-order valence-corrected chi connectivity index (χ0v) is 6.69. The molecule has 0 aliphatic heterocycles. The lowest BCUT2D eigenvalue weighted by atomic mass is 10.1. The molecule has 0 radical (unpaired) electrons. The lowest BCUT2D eigenvalue weighted by Crippen LogP contribution is -2.01. The average molecular weight is 132 g/mol. The van der Waals surface area contributed by atoms with Gasteiger partial charge in [-0.25, -0.2) is 0 Å². The smallest absolute Gasteiger partial charge is 0.153 e. The van der Waals surface area contributed by atoms with E-state index in [1.807, 2.05) is 20.5 Å². The minimum absolute atomic E-state index is 0.290. The van der Waals surface area contributed by atoms with Gasteiger partial charge in [-0.05, 0) is 13.1 Å². The van der Waals surface area contributed by atoms with Crippen molar-refractivity contribution < 1.29 is 4.79 Å². The summed E-state index contributed by atoms with van der Waals surface area (Å²) in [6.45, 7) is 5.97. The first-order valence-corrected chi connectivity index (χ1v) is 4.44. The monoisotopic (exact) mass is 132 g/mol. The summed E-state index contributed by atoms with van der Waals surface area (Å²) in [6, 6.07) is 0. The van der Waals surface area contributed by atoms with E-state index in [0.29, 0.717) is 20.0 Å². The van der Waals surface area contributed by atoms with Crippen molar-refractivity contribution in [3.8, 4) is 0 Å². The molecule has 0 aliphatic carbocycles. The van der Waals surface area contributed by atoms with Gasteiger partial charge in [0.1, 0.15) is 0 Å². The van der Waals surface area contributed by atoms with Gasteiger partial charge in [-0.15, -0.1) is 0 Å². The van der Waals surface area contributed by atoms with Gasteiger partial charge in [-0.2, -0.15) is 0 Å². The molecule has 0 aromatic carbocycles. The highest BCUT2D eigenvalue weighted by Gasteiger charge is 2.05. The molecule has 1 nitrogen and oxygen atoms in total. The Bertz CT molecular complexity index is 80.6. The number of rotatable bonds is 3. The zero-order chi connectivity index (χ0) is 6.57.